The molecular weight excluding hydrogens is 282 g/mol. The summed E-state index contributed by atoms with van der Waals surface area (Å²) in [7, 11) is 1.76. The van der Waals surface area contributed by atoms with Crippen molar-refractivity contribution in [1.82, 2.24) is 15.0 Å². The van der Waals surface area contributed by atoms with Gasteiger partial charge < -0.3 is 5.11 Å². The van der Waals surface area contributed by atoms with Gasteiger partial charge >= 0.3 is 0 Å². The van der Waals surface area contributed by atoms with Gasteiger partial charge in [-0.05, 0) is 35.3 Å². The largest absolute Gasteiger partial charge is 0.379 e. The number of hydrogen-bond acceptors (Lipinski definition) is 3. The highest BCUT2D eigenvalue weighted by atomic mass is 79.9. The predicted molar refractivity (Wildman–Crippen MR) is 68.6 cm³/mol. The van der Waals surface area contributed by atoms with Crippen LogP contribution in [0.3, 0.4) is 0 Å². The molecule has 0 aliphatic carbocycles. The third-order valence-corrected chi connectivity index (χ3v) is 3.36. The van der Waals surface area contributed by atoms with Crippen LogP contribution in [0.1, 0.15) is 23.7 Å². The van der Waals surface area contributed by atoms with Gasteiger partial charge in [-0.2, -0.15) is 0 Å². The van der Waals surface area contributed by atoms with E-state index < -0.39 is 5.60 Å². The van der Waals surface area contributed by atoms with Gasteiger partial charge in [0.15, 0.2) is 4.60 Å². The molecular formula is C12H14BrN3O. The molecule has 0 aliphatic heterocycles. The van der Waals surface area contributed by atoms with Gasteiger partial charge in [-0.3, -0.25) is 0 Å². The summed E-state index contributed by atoms with van der Waals surface area (Å²) >= 11 is 3.31. The summed E-state index contributed by atoms with van der Waals surface area (Å²) in [4.78, 5) is 0. The van der Waals surface area contributed by atoms with Crippen LogP contribution in [0.2, 0.25) is 0 Å². The Kier molecular flexibility index (Phi) is 3.05. The van der Waals surface area contributed by atoms with E-state index in [4.69, 9.17) is 0 Å². The maximum Gasteiger partial charge on any atom is 0.154 e. The molecule has 2 rings (SSSR count). The number of aromatic nitrogens is 3. The Bertz CT molecular complexity index is 529. The van der Waals surface area contributed by atoms with E-state index in [0.717, 1.165) is 11.1 Å². The second-order valence-electron chi connectivity index (χ2n) is 4.29. The molecule has 1 unspecified atom stereocenters. The average molecular weight is 296 g/mol. The van der Waals surface area contributed by atoms with Crippen LogP contribution in [0.25, 0.3) is 0 Å². The zero-order chi connectivity index (χ0) is 12.6. The van der Waals surface area contributed by atoms with E-state index in [1.807, 2.05) is 31.2 Å². The van der Waals surface area contributed by atoms with Crippen LogP contribution in [-0.2, 0) is 12.6 Å². The van der Waals surface area contributed by atoms with Crippen LogP contribution in [0.4, 0.5) is 0 Å². The van der Waals surface area contributed by atoms with E-state index in [9.17, 15) is 5.11 Å². The van der Waals surface area contributed by atoms with Gasteiger partial charge in [0.2, 0.25) is 0 Å². The van der Waals surface area contributed by atoms with Crippen molar-refractivity contribution >= 4 is 15.9 Å². The summed E-state index contributed by atoms with van der Waals surface area (Å²) in [6, 6.07) is 7.78. The Labute approximate surface area is 108 Å². The van der Waals surface area contributed by atoms with Crippen molar-refractivity contribution in [1.29, 1.82) is 0 Å². The van der Waals surface area contributed by atoms with Crippen LogP contribution >= 0.6 is 15.9 Å². The summed E-state index contributed by atoms with van der Waals surface area (Å²) in [5, 5.41) is 18.5. The molecule has 1 N–H and O–H groups in total. The molecule has 0 amide bonds. The molecule has 0 radical (unpaired) electrons. The molecule has 17 heavy (non-hydrogen) atoms. The Morgan fingerprint density at radius 1 is 1.41 bits per heavy atom. The average Bonchev–Trinajstić information content (AvgIpc) is 2.59. The van der Waals surface area contributed by atoms with E-state index in [0.29, 0.717) is 10.3 Å². The number of nitrogens with zero attached hydrogens (tertiary/aromatic N) is 3. The van der Waals surface area contributed by atoms with Crippen molar-refractivity contribution in [2.24, 2.45) is 7.05 Å². The third-order valence-electron chi connectivity index (χ3n) is 2.83. The van der Waals surface area contributed by atoms with Gasteiger partial charge in [0, 0.05) is 7.05 Å². The number of hydrogen-bond donors (Lipinski definition) is 1. The van der Waals surface area contributed by atoms with E-state index >= 15 is 0 Å². The topological polar surface area (TPSA) is 50.9 Å². The number of rotatable bonds is 2. The molecule has 1 heterocycles. The number of benzene rings is 1. The minimum atomic E-state index is -1.12. The lowest BCUT2D eigenvalue weighted by Crippen LogP contribution is -2.26. The molecule has 5 heteroatoms. The van der Waals surface area contributed by atoms with Gasteiger partial charge in [-0.1, -0.05) is 35.0 Å². The van der Waals surface area contributed by atoms with Gasteiger partial charge in [0.25, 0.3) is 0 Å². The summed E-state index contributed by atoms with van der Waals surface area (Å²) in [6.07, 6.45) is 0. The van der Waals surface area contributed by atoms with Crippen LogP contribution in [-0.4, -0.2) is 20.1 Å². The predicted octanol–water partition coefficient (Wildman–Crippen LogP) is 2.14. The fourth-order valence-corrected chi connectivity index (χ4v) is 2.65. The monoisotopic (exact) mass is 295 g/mol. The lowest BCUT2D eigenvalue weighted by Gasteiger charge is -2.24. The van der Waals surface area contributed by atoms with Gasteiger partial charge in [-0.25, -0.2) is 4.68 Å². The third kappa shape index (κ3) is 2.12. The van der Waals surface area contributed by atoms with Gasteiger partial charge in [0.1, 0.15) is 11.3 Å². The van der Waals surface area contributed by atoms with Crippen molar-refractivity contribution in [3.05, 3.63) is 45.7 Å². The Balaban J connectivity index is 2.57. The first-order valence-electron chi connectivity index (χ1n) is 5.28. The van der Waals surface area contributed by atoms with Crippen molar-refractivity contribution in [3.8, 4) is 0 Å². The molecule has 0 bridgehead atoms. The standard InChI is InChI=1S/C12H14BrN3O/c1-8-5-4-6-9(7-8)12(2,17)10-11(13)14-15-16(10)3/h4-7,17H,1-3H3. The van der Waals surface area contributed by atoms with Crippen molar-refractivity contribution < 1.29 is 5.11 Å². The molecule has 0 saturated heterocycles. The highest BCUT2D eigenvalue weighted by Crippen LogP contribution is 2.32. The Hall–Kier alpha value is -1.20. The molecule has 2 aromatic rings. The lowest BCUT2D eigenvalue weighted by molar-refractivity contribution is 0.0920. The van der Waals surface area contributed by atoms with Gasteiger partial charge in [-0.15, -0.1) is 5.10 Å². The molecule has 1 aromatic carbocycles. The second kappa shape index (κ2) is 4.23. The highest BCUT2D eigenvalue weighted by Gasteiger charge is 2.32. The van der Waals surface area contributed by atoms with Crippen LogP contribution in [0.15, 0.2) is 28.9 Å². The Morgan fingerprint density at radius 3 is 2.65 bits per heavy atom. The smallest absolute Gasteiger partial charge is 0.154 e. The van der Waals surface area contributed by atoms with E-state index in [1.54, 1.807) is 18.7 Å². The summed E-state index contributed by atoms with van der Waals surface area (Å²) in [6.45, 7) is 3.74. The van der Waals surface area contributed by atoms with Crippen molar-refractivity contribution in [3.63, 3.8) is 0 Å². The zero-order valence-corrected chi connectivity index (χ0v) is 11.6. The second-order valence-corrected chi connectivity index (χ2v) is 5.05. The Morgan fingerprint density at radius 2 is 2.12 bits per heavy atom. The first-order valence-corrected chi connectivity index (χ1v) is 6.07. The van der Waals surface area contributed by atoms with Crippen LogP contribution in [0.5, 0.6) is 0 Å². The number of aryl methyl sites for hydroxylation is 2. The van der Waals surface area contributed by atoms with Crippen LogP contribution in [0, 0.1) is 6.92 Å². The molecule has 0 saturated carbocycles. The van der Waals surface area contributed by atoms with E-state index in [-0.39, 0.29) is 0 Å². The van der Waals surface area contributed by atoms with Crippen molar-refractivity contribution in [2.75, 3.05) is 0 Å². The fraction of sp³-hybridized carbons (Fsp3) is 0.333. The molecule has 0 spiro atoms. The molecule has 0 aliphatic rings. The summed E-state index contributed by atoms with van der Waals surface area (Å²) in [5.41, 5.74) is 1.45. The SMILES string of the molecule is Cc1cccc(C(C)(O)c2c(Br)nnn2C)c1. The first kappa shape index (κ1) is 12.3. The highest BCUT2D eigenvalue weighted by molar-refractivity contribution is 9.10. The number of halogens is 1. The van der Waals surface area contributed by atoms with E-state index in [2.05, 4.69) is 26.2 Å². The normalized spacial score (nSPS) is 14.6. The van der Waals surface area contributed by atoms with Crippen molar-refractivity contribution in [2.45, 2.75) is 19.4 Å². The van der Waals surface area contributed by atoms with Crippen LogP contribution < -0.4 is 0 Å². The first-order chi connectivity index (χ1) is 7.93. The molecule has 1 atom stereocenters. The maximum absolute atomic E-state index is 10.7. The fourth-order valence-electron chi connectivity index (χ4n) is 1.93. The minimum absolute atomic E-state index is 0.562. The molecule has 90 valence electrons. The number of aliphatic hydroxyl groups is 1. The molecule has 4 nitrogen and oxygen atoms in total. The minimum Gasteiger partial charge on any atom is -0.379 e. The van der Waals surface area contributed by atoms with Gasteiger partial charge in [0.05, 0.1) is 0 Å². The zero-order valence-electron chi connectivity index (χ0n) is 9.98. The lowest BCUT2D eigenvalue weighted by atomic mass is 9.92. The molecule has 1 aromatic heterocycles. The quantitative estimate of drug-likeness (QED) is 0.923. The van der Waals surface area contributed by atoms with E-state index in [1.165, 1.54) is 0 Å². The summed E-state index contributed by atoms with van der Waals surface area (Å²) in [5.74, 6) is 0. The summed E-state index contributed by atoms with van der Waals surface area (Å²) < 4.78 is 2.14. The molecule has 0 fully saturated rings. The maximum atomic E-state index is 10.7.